The maximum absolute atomic E-state index is 12.7. The van der Waals surface area contributed by atoms with Crippen LogP contribution in [0.15, 0.2) is 53.0 Å². The van der Waals surface area contributed by atoms with Crippen LogP contribution in [0.3, 0.4) is 0 Å². The molecule has 0 aliphatic rings. The molecule has 0 aliphatic carbocycles. The van der Waals surface area contributed by atoms with E-state index in [9.17, 15) is 9.18 Å². The van der Waals surface area contributed by atoms with E-state index >= 15 is 0 Å². The topological polar surface area (TPSA) is 38.3 Å². The molecule has 1 atom stereocenters. The second kappa shape index (κ2) is 7.22. The molecule has 21 heavy (non-hydrogen) atoms. The molecular formula is C16H15BrFNO2. The van der Waals surface area contributed by atoms with Crippen molar-refractivity contribution in [1.82, 2.24) is 5.32 Å². The van der Waals surface area contributed by atoms with Crippen molar-refractivity contribution in [3.05, 3.63) is 64.4 Å². The van der Waals surface area contributed by atoms with Crippen LogP contribution in [0.25, 0.3) is 0 Å². The van der Waals surface area contributed by atoms with Crippen molar-refractivity contribution in [2.24, 2.45) is 0 Å². The van der Waals surface area contributed by atoms with Gasteiger partial charge in [-0.2, -0.15) is 0 Å². The number of benzene rings is 2. The molecule has 0 aromatic heterocycles. The Labute approximate surface area is 131 Å². The zero-order valence-corrected chi connectivity index (χ0v) is 13.1. The van der Waals surface area contributed by atoms with E-state index < -0.39 is 0 Å². The highest BCUT2D eigenvalue weighted by Gasteiger charge is 2.10. The number of ether oxygens (including phenoxy) is 1. The van der Waals surface area contributed by atoms with Gasteiger partial charge in [0.15, 0.2) is 6.61 Å². The van der Waals surface area contributed by atoms with Gasteiger partial charge in [0.1, 0.15) is 11.6 Å². The van der Waals surface area contributed by atoms with Gasteiger partial charge in [0, 0.05) is 4.47 Å². The van der Waals surface area contributed by atoms with Gasteiger partial charge >= 0.3 is 0 Å². The van der Waals surface area contributed by atoms with Crippen LogP contribution >= 0.6 is 15.9 Å². The predicted octanol–water partition coefficient (Wildman–Crippen LogP) is 3.84. The van der Waals surface area contributed by atoms with Crippen LogP contribution in [0.5, 0.6) is 5.75 Å². The fourth-order valence-electron chi connectivity index (χ4n) is 1.80. The molecule has 0 bridgehead atoms. The summed E-state index contributed by atoms with van der Waals surface area (Å²) in [5.74, 6) is -0.103. The third-order valence-corrected chi connectivity index (χ3v) is 3.46. The Bertz CT molecular complexity index is 599. The van der Waals surface area contributed by atoms with Gasteiger partial charge in [0.2, 0.25) is 0 Å². The number of rotatable bonds is 5. The highest BCUT2D eigenvalue weighted by atomic mass is 79.9. The van der Waals surface area contributed by atoms with E-state index in [1.165, 1.54) is 24.3 Å². The number of amides is 1. The summed E-state index contributed by atoms with van der Waals surface area (Å²) in [6, 6.07) is 13.2. The van der Waals surface area contributed by atoms with E-state index in [2.05, 4.69) is 21.2 Å². The van der Waals surface area contributed by atoms with Crippen molar-refractivity contribution in [3.8, 4) is 5.75 Å². The van der Waals surface area contributed by atoms with Crippen LogP contribution in [0.1, 0.15) is 18.5 Å². The van der Waals surface area contributed by atoms with E-state index in [0.717, 1.165) is 10.0 Å². The lowest BCUT2D eigenvalue weighted by Crippen LogP contribution is -2.31. The first kappa shape index (κ1) is 15.5. The van der Waals surface area contributed by atoms with Gasteiger partial charge in [-0.25, -0.2) is 4.39 Å². The molecule has 0 saturated heterocycles. The molecule has 0 spiro atoms. The Morgan fingerprint density at radius 3 is 2.43 bits per heavy atom. The van der Waals surface area contributed by atoms with Gasteiger partial charge in [0.05, 0.1) is 6.04 Å². The molecule has 2 aromatic carbocycles. The molecule has 1 amide bonds. The fourth-order valence-corrected chi connectivity index (χ4v) is 2.06. The molecule has 1 N–H and O–H groups in total. The molecule has 110 valence electrons. The molecule has 3 nitrogen and oxygen atoms in total. The third kappa shape index (κ3) is 4.86. The molecule has 2 rings (SSSR count). The van der Waals surface area contributed by atoms with Crippen molar-refractivity contribution in [3.63, 3.8) is 0 Å². The van der Waals surface area contributed by atoms with E-state index in [0.29, 0.717) is 5.75 Å². The van der Waals surface area contributed by atoms with E-state index in [1.54, 1.807) is 0 Å². The Morgan fingerprint density at radius 1 is 1.19 bits per heavy atom. The first-order valence-electron chi connectivity index (χ1n) is 6.48. The van der Waals surface area contributed by atoms with Crippen molar-refractivity contribution in [1.29, 1.82) is 0 Å². The quantitative estimate of drug-likeness (QED) is 0.888. The summed E-state index contributed by atoms with van der Waals surface area (Å²) in [4.78, 5) is 11.8. The van der Waals surface area contributed by atoms with Gasteiger partial charge in [-0.3, -0.25) is 4.79 Å². The van der Waals surface area contributed by atoms with Crippen LogP contribution < -0.4 is 10.1 Å². The number of hydrogen-bond donors (Lipinski definition) is 1. The lowest BCUT2D eigenvalue weighted by atomic mass is 10.1. The average molecular weight is 352 g/mol. The van der Waals surface area contributed by atoms with E-state index in [4.69, 9.17) is 4.74 Å². The summed E-state index contributed by atoms with van der Waals surface area (Å²) >= 11 is 3.37. The zero-order valence-electron chi connectivity index (χ0n) is 11.5. The standard InChI is InChI=1S/C16H15BrFNO2/c1-11(12-2-4-13(17)5-3-12)19-16(20)10-21-15-8-6-14(18)7-9-15/h2-9,11H,10H2,1H3,(H,19,20)/t11-/m0/s1. The summed E-state index contributed by atoms with van der Waals surface area (Å²) in [6.45, 7) is 1.80. The summed E-state index contributed by atoms with van der Waals surface area (Å²) in [5, 5.41) is 2.84. The lowest BCUT2D eigenvalue weighted by molar-refractivity contribution is -0.123. The molecule has 0 unspecified atom stereocenters. The maximum atomic E-state index is 12.7. The maximum Gasteiger partial charge on any atom is 0.258 e. The summed E-state index contributed by atoms with van der Waals surface area (Å²) in [7, 11) is 0. The van der Waals surface area contributed by atoms with Crippen molar-refractivity contribution < 1.29 is 13.9 Å². The van der Waals surface area contributed by atoms with Crippen LogP contribution in [-0.2, 0) is 4.79 Å². The molecule has 5 heteroatoms. The lowest BCUT2D eigenvalue weighted by Gasteiger charge is -2.14. The number of nitrogens with one attached hydrogen (secondary N) is 1. The number of hydrogen-bond acceptors (Lipinski definition) is 2. The zero-order chi connectivity index (χ0) is 15.2. The summed E-state index contributed by atoms with van der Waals surface area (Å²) in [6.07, 6.45) is 0. The van der Waals surface area contributed by atoms with Gasteiger partial charge < -0.3 is 10.1 Å². The van der Waals surface area contributed by atoms with Crippen LogP contribution in [0.4, 0.5) is 4.39 Å². The van der Waals surface area contributed by atoms with Gasteiger partial charge in [-0.15, -0.1) is 0 Å². The monoisotopic (exact) mass is 351 g/mol. The first-order valence-corrected chi connectivity index (χ1v) is 7.27. The molecular weight excluding hydrogens is 337 g/mol. The second-order valence-electron chi connectivity index (χ2n) is 4.58. The van der Waals surface area contributed by atoms with Gasteiger partial charge in [0.25, 0.3) is 5.91 Å². The number of carbonyl (C=O) groups excluding carboxylic acids is 1. The Balaban J connectivity index is 1.83. The highest BCUT2D eigenvalue weighted by Crippen LogP contribution is 2.16. The number of halogens is 2. The summed E-state index contributed by atoms with van der Waals surface area (Å²) < 4.78 is 19.0. The van der Waals surface area contributed by atoms with Crippen molar-refractivity contribution >= 4 is 21.8 Å². The first-order chi connectivity index (χ1) is 10.0. The minimum atomic E-state index is -0.337. The van der Waals surface area contributed by atoms with Crippen LogP contribution in [0.2, 0.25) is 0 Å². The van der Waals surface area contributed by atoms with Gasteiger partial charge in [-0.05, 0) is 48.9 Å². The van der Waals surface area contributed by atoms with Crippen LogP contribution in [0, 0.1) is 5.82 Å². The highest BCUT2D eigenvalue weighted by molar-refractivity contribution is 9.10. The fraction of sp³-hybridized carbons (Fsp3) is 0.188. The van der Waals surface area contributed by atoms with Crippen LogP contribution in [-0.4, -0.2) is 12.5 Å². The van der Waals surface area contributed by atoms with Gasteiger partial charge in [-0.1, -0.05) is 28.1 Å². The van der Waals surface area contributed by atoms with E-state index in [1.807, 2.05) is 31.2 Å². The Kier molecular flexibility index (Phi) is 5.33. The minimum absolute atomic E-state index is 0.105. The molecule has 0 aliphatic heterocycles. The van der Waals surface area contributed by atoms with E-state index in [-0.39, 0.29) is 24.4 Å². The summed E-state index contributed by atoms with van der Waals surface area (Å²) in [5.41, 5.74) is 1.01. The Morgan fingerprint density at radius 2 is 1.81 bits per heavy atom. The normalized spacial score (nSPS) is 11.8. The SMILES string of the molecule is C[C@H](NC(=O)COc1ccc(F)cc1)c1ccc(Br)cc1. The molecule has 0 fully saturated rings. The smallest absolute Gasteiger partial charge is 0.258 e. The average Bonchev–Trinajstić information content (AvgIpc) is 2.47. The predicted molar refractivity (Wildman–Crippen MR) is 82.6 cm³/mol. The number of carbonyl (C=O) groups is 1. The third-order valence-electron chi connectivity index (χ3n) is 2.93. The second-order valence-corrected chi connectivity index (χ2v) is 5.50. The molecule has 0 radical (unpaired) electrons. The molecule has 0 heterocycles. The molecule has 0 saturated carbocycles. The van der Waals surface area contributed by atoms with Crippen molar-refractivity contribution in [2.75, 3.05) is 6.61 Å². The molecule has 2 aromatic rings. The van der Waals surface area contributed by atoms with Crippen molar-refractivity contribution in [2.45, 2.75) is 13.0 Å². The largest absolute Gasteiger partial charge is 0.484 e. The minimum Gasteiger partial charge on any atom is -0.484 e. The Hall–Kier alpha value is -1.88.